The zero-order valence-corrected chi connectivity index (χ0v) is 35.0. The Hall–Kier alpha value is -7.77. The van der Waals surface area contributed by atoms with E-state index in [1.807, 2.05) is 164 Å². The number of rotatable bonds is 15. The Bertz CT molecular complexity index is 2740. The number of nitrogens with one attached hydrogen (secondary N) is 6. The molecule has 0 aliphatic heterocycles. The molecular formula is C52H49N9O3. The van der Waals surface area contributed by atoms with Crippen LogP contribution in [0.25, 0.3) is 32.7 Å². The summed E-state index contributed by atoms with van der Waals surface area (Å²) in [4.78, 5) is 49.6. The number of fused-ring (bicyclic) bond motifs is 3. The molecule has 0 fully saturated rings. The van der Waals surface area contributed by atoms with Gasteiger partial charge in [0.05, 0.1) is 18.1 Å². The van der Waals surface area contributed by atoms with Gasteiger partial charge >= 0.3 is 0 Å². The van der Waals surface area contributed by atoms with Crippen molar-refractivity contribution in [2.75, 3.05) is 16.0 Å². The van der Waals surface area contributed by atoms with E-state index in [9.17, 15) is 14.4 Å². The van der Waals surface area contributed by atoms with Crippen molar-refractivity contribution >= 4 is 67.5 Å². The SMILES string of the molecule is NC(Cc1c[nH]c2ccccc12)C(=O)Nc1ccc(C(c2ccc(NC(=O)C(N)Cc3c[nH]c4ccccc34)cc2)c2ccc(NC(=O)C(N)Cc3c[nH]c4ccccc34)cc2)cc1. The van der Waals surface area contributed by atoms with E-state index in [0.717, 1.165) is 66.1 Å². The molecule has 12 nitrogen and oxygen atoms in total. The van der Waals surface area contributed by atoms with Crippen LogP contribution in [-0.4, -0.2) is 50.8 Å². The maximum absolute atomic E-state index is 13.3. The number of nitrogens with two attached hydrogens (primary N) is 3. The molecule has 0 spiro atoms. The van der Waals surface area contributed by atoms with Crippen molar-refractivity contribution in [2.45, 2.75) is 43.3 Å². The topological polar surface area (TPSA) is 213 Å². The van der Waals surface area contributed by atoms with Crippen LogP contribution in [0.3, 0.4) is 0 Å². The predicted octanol–water partition coefficient (Wildman–Crippen LogP) is 7.84. The maximum Gasteiger partial charge on any atom is 0.241 e. The van der Waals surface area contributed by atoms with Crippen LogP contribution in [0.5, 0.6) is 0 Å². The zero-order chi connectivity index (χ0) is 44.2. The van der Waals surface area contributed by atoms with Crippen LogP contribution in [0.15, 0.2) is 164 Å². The molecule has 12 N–H and O–H groups in total. The van der Waals surface area contributed by atoms with Crippen LogP contribution in [-0.2, 0) is 33.6 Å². The summed E-state index contributed by atoms with van der Waals surface area (Å²) in [5, 5.41) is 12.1. The van der Waals surface area contributed by atoms with Crippen molar-refractivity contribution in [3.63, 3.8) is 0 Å². The lowest BCUT2D eigenvalue weighted by atomic mass is 9.85. The molecule has 3 aromatic heterocycles. The van der Waals surface area contributed by atoms with Crippen LogP contribution in [0.4, 0.5) is 17.1 Å². The average Bonchev–Trinajstić information content (AvgIpc) is 4.05. The number of carbonyl (C=O) groups excluding carboxylic acids is 3. The van der Waals surface area contributed by atoms with Gasteiger partial charge in [-0.05, 0) is 107 Å². The van der Waals surface area contributed by atoms with E-state index >= 15 is 0 Å². The van der Waals surface area contributed by atoms with Crippen LogP contribution in [0.2, 0.25) is 0 Å². The van der Waals surface area contributed by atoms with Crippen LogP contribution < -0.4 is 33.2 Å². The van der Waals surface area contributed by atoms with Gasteiger partial charge in [0.2, 0.25) is 17.7 Å². The summed E-state index contributed by atoms with van der Waals surface area (Å²) in [6.07, 6.45) is 6.85. The molecular weight excluding hydrogens is 799 g/mol. The first-order chi connectivity index (χ1) is 31.2. The quantitative estimate of drug-likeness (QED) is 0.0469. The van der Waals surface area contributed by atoms with Gasteiger partial charge in [0.25, 0.3) is 0 Å². The zero-order valence-electron chi connectivity index (χ0n) is 35.0. The van der Waals surface area contributed by atoms with Crippen LogP contribution in [0, 0.1) is 0 Å². The van der Waals surface area contributed by atoms with Crippen molar-refractivity contribution in [3.8, 4) is 0 Å². The minimum Gasteiger partial charge on any atom is -0.361 e. The van der Waals surface area contributed by atoms with E-state index in [4.69, 9.17) is 17.2 Å². The van der Waals surface area contributed by atoms with Crippen molar-refractivity contribution in [2.24, 2.45) is 17.2 Å². The fourth-order valence-corrected chi connectivity index (χ4v) is 8.45. The first kappa shape index (κ1) is 41.6. The summed E-state index contributed by atoms with van der Waals surface area (Å²) >= 11 is 0. The van der Waals surface area contributed by atoms with Crippen molar-refractivity contribution < 1.29 is 14.4 Å². The van der Waals surface area contributed by atoms with Gasteiger partial charge in [0.15, 0.2) is 0 Å². The number of para-hydroxylation sites is 3. The Morgan fingerprint density at radius 2 is 0.656 bits per heavy atom. The molecule has 0 radical (unpaired) electrons. The number of anilines is 3. The third-order valence-electron chi connectivity index (χ3n) is 11.9. The fourth-order valence-electron chi connectivity index (χ4n) is 8.45. The molecule has 3 amide bonds. The van der Waals surface area contributed by atoms with Gasteiger partial charge in [-0.15, -0.1) is 0 Å². The monoisotopic (exact) mass is 847 g/mol. The minimum absolute atomic E-state index is 0.253. The molecule has 12 heteroatoms. The van der Waals surface area contributed by atoms with Crippen LogP contribution >= 0.6 is 0 Å². The molecule has 9 rings (SSSR count). The average molecular weight is 848 g/mol. The van der Waals surface area contributed by atoms with E-state index in [0.29, 0.717) is 36.3 Å². The molecule has 9 aromatic rings. The molecule has 0 aliphatic carbocycles. The van der Waals surface area contributed by atoms with Gasteiger partial charge in [0, 0.05) is 74.3 Å². The lowest BCUT2D eigenvalue weighted by Gasteiger charge is -2.21. The van der Waals surface area contributed by atoms with Gasteiger partial charge < -0.3 is 48.1 Å². The number of aromatic nitrogens is 3. The van der Waals surface area contributed by atoms with Crippen molar-refractivity contribution in [1.29, 1.82) is 0 Å². The number of hydrogen-bond donors (Lipinski definition) is 9. The van der Waals surface area contributed by atoms with Gasteiger partial charge in [-0.2, -0.15) is 0 Å². The molecule has 320 valence electrons. The third kappa shape index (κ3) is 9.06. The molecule has 0 saturated carbocycles. The Morgan fingerprint density at radius 3 is 0.938 bits per heavy atom. The molecule has 0 bridgehead atoms. The van der Waals surface area contributed by atoms with Gasteiger partial charge in [0.1, 0.15) is 0 Å². The fraction of sp³-hybridized carbons (Fsp3) is 0.135. The molecule has 0 saturated heterocycles. The normalized spacial score (nSPS) is 13.4. The van der Waals surface area contributed by atoms with Crippen molar-refractivity contribution in [1.82, 2.24) is 15.0 Å². The van der Waals surface area contributed by atoms with Gasteiger partial charge in [-0.25, -0.2) is 0 Å². The molecule has 6 aromatic carbocycles. The lowest BCUT2D eigenvalue weighted by Crippen LogP contribution is -2.37. The third-order valence-corrected chi connectivity index (χ3v) is 11.9. The Balaban J connectivity index is 0.908. The number of benzene rings is 6. The van der Waals surface area contributed by atoms with E-state index in [-0.39, 0.29) is 23.6 Å². The number of H-pyrrole nitrogens is 3. The number of aromatic amines is 3. The predicted molar refractivity (Wildman–Crippen MR) is 256 cm³/mol. The highest BCUT2D eigenvalue weighted by atomic mass is 16.2. The van der Waals surface area contributed by atoms with E-state index < -0.39 is 18.1 Å². The van der Waals surface area contributed by atoms with Crippen LogP contribution in [0.1, 0.15) is 39.3 Å². The van der Waals surface area contributed by atoms with E-state index in [1.165, 1.54) is 0 Å². The second-order valence-corrected chi connectivity index (χ2v) is 16.3. The standard InChI is InChI=1S/C52H49N9O3/c53-43(25-34-28-56-46-10-4-1-7-40(34)46)50(62)59-37-19-13-31(14-20-37)49(32-15-21-38(22-16-32)60-51(63)44(54)26-35-29-57-47-11-5-2-8-41(35)47)33-17-23-39(24-18-33)61-52(64)45(55)27-36-30-58-48-12-6-3-9-42(36)48/h1-24,28-30,43-45,49,56-58H,25-27,53-55H2,(H,59,62)(H,60,63)(H,61,64). The highest BCUT2D eigenvalue weighted by molar-refractivity contribution is 5.97. The Kier molecular flexibility index (Phi) is 11.9. The number of carbonyl (C=O) groups is 3. The highest BCUT2D eigenvalue weighted by Crippen LogP contribution is 2.34. The number of amides is 3. The van der Waals surface area contributed by atoms with E-state index in [2.05, 4.69) is 30.9 Å². The summed E-state index contributed by atoms with van der Waals surface area (Å²) < 4.78 is 0. The molecule has 3 atom stereocenters. The molecule has 3 heterocycles. The van der Waals surface area contributed by atoms with Crippen molar-refractivity contribution in [3.05, 3.63) is 198 Å². The second kappa shape index (κ2) is 18.3. The second-order valence-electron chi connectivity index (χ2n) is 16.3. The Labute approximate surface area is 369 Å². The maximum atomic E-state index is 13.3. The molecule has 64 heavy (non-hydrogen) atoms. The molecule has 0 aliphatic rings. The molecule has 3 unspecified atom stereocenters. The first-order valence-corrected chi connectivity index (χ1v) is 21.3. The largest absolute Gasteiger partial charge is 0.361 e. The minimum atomic E-state index is -0.754. The summed E-state index contributed by atoms with van der Waals surface area (Å²) in [6, 6.07) is 44.6. The van der Waals surface area contributed by atoms with Gasteiger partial charge in [-0.3, -0.25) is 14.4 Å². The summed E-state index contributed by atoms with van der Waals surface area (Å²) in [5.41, 5.74) is 29.8. The summed E-state index contributed by atoms with van der Waals surface area (Å²) in [5.74, 6) is -1.11. The Morgan fingerprint density at radius 1 is 0.391 bits per heavy atom. The smallest absolute Gasteiger partial charge is 0.241 e. The summed E-state index contributed by atoms with van der Waals surface area (Å²) in [6.45, 7) is 0. The summed E-state index contributed by atoms with van der Waals surface area (Å²) in [7, 11) is 0. The number of hydrogen-bond acceptors (Lipinski definition) is 6. The lowest BCUT2D eigenvalue weighted by molar-refractivity contribution is -0.118. The van der Waals surface area contributed by atoms with Gasteiger partial charge in [-0.1, -0.05) is 91.0 Å². The van der Waals surface area contributed by atoms with E-state index in [1.54, 1.807) is 0 Å². The first-order valence-electron chi connectivity index (χ1n) is 21.3. The highest BCUT2D eigenvalue weighted by Gasteiger charge is 2.22.